The molecule has 6 nitrogen and oxygen atoms in total. The molecule has 114 valence electrons. The van der Waals surface area contributed by atoms with Gasteiger partial charge in [-0.1, -0.05) is 12.2 Å². The summed E-state index contributed by atoms with van der Waals surface area (Å²) in [5.74, 6) is -0.479. The Hall–Kier alpha value is -1.89. The van der Waals surface area contributed by atoms with E-state index in [4.69, 9.17) is 5.11 Å². The predicted molar refractivity (Wildman–Crippen MR) is 80.5 cm³/mol. The minimum absolute atomic E-state index is 0.223. The van der Waals surface area contributed by atoms with E-state index in [1.165, 1.54) is 0 Å². The number of carboxylic acid groups (broad SMARTS) is 1. The lowest BCUT2D eigenvalue weighted by molar-refractivity contribution is 0.0701. The average molecular weight is 309 g/mol. The second kappa shape index (κ2) is 7.21. The molecule has 0 saturated carbocycles. The molecule has 0 aromatic carbocycles. The van der Waals surface area contributed by atoms with Gasteiger partial charge in [0, 0.05) is 6.54 Å². The molecule has 1 atom stereocenters. The van der Waals surface area contributed by atoms with Crippen molar-refractivity contribution in [3.63, 3.8) is 0 Å². The molecule has 1 unspecified atom stereocenters. The number of thiazole rings is 1. The van der Waals surface area contributed by atoms with Crippen molar-refractivity contribution in [3.05, 3.63) is 27.7 Å². The zero-order chi connectivity index (χ0) is 15.2. The molecule has 1 aliphatic carbocycles. The van der Waals surface area contributed by atoms with Gasteiger partial charge in [0.15, 0.2) is 0 Å². The largest absolute Gasteiger partial charge is 0.477 e. The number of carboxylic acids is 1. The third-order valence-electron chi connectivity index (χ3n) is 3.36. The first-order valence-electron chi connectivity index (χ1n) is 6.92. The number of nitrogens with zero attached hydrogens (tertiary/aromatic N) is 1. The Bertz CT molecular complexity index is 554. The first-order valence-corrected chi connectivity index (χ1v) is 7.74. The number of carbonyl (C=O) groups excluding carboxylic acids is 1. The van der Waals surface area contributed by atoms with Gasteiger partial charge in [-0.2, -0.15) is 0 Å². The monoisotopic (exact) mass is 309 g/mol. The molecule has 1 aliphatic rings. The van der Waals surface area contributed by atoms with Crippen molar-refractivity contribution in [1.29, 1.82) is 0 Å². The van der Waals surface area contributed by atoms with Crippen molar-refractivity contribution in [3.8, 4) is 0 Å². The first kappa shape index (κ1) is 15.5. The molecule has 0 bridgehead atoms. The second-order valence-electron chi connectivity index (χ2n) is 5.04. The summed E-state index contributed by atoms with van der Waals surface area (Å²) < 4.78 is 0. The summed E-state index contributed by atoms with van der Waals surface area (Å²) in [6, 6.07) is -0.241. The molecular weight excluding hydrogens is 290 g/mol. The number of aryl methyl sites for hydroxylation is 1. The lowest BCUT2D eigenvalue weighted by Crippen LogP contribution is -2.38. The molecule has 0 fully saturated rings. The van der Waals surface area contributed by atoms with Crippen LogP contribution in [0, 0.1) is 12.8 Å². The number of urea groups is 1. The fraction of sp³-hybridized carbons (Fsp3) is 0.500. The quantitative estimate of drug-likeness (QED) is 0.728. The molecular formula is C14H19N3O3S. The number of carbonyl (C=O) groups is 2. The number of aromatic nitrogens is 1. The maximum atomic E-state index is 11.7. The fourth-order valence-corrected chi connectivity index (χ4v) is 3.07. The van der Waals surface area contributed by atoms with E-state index >= 15 is 0 Å². The van der Waals surface area contributed by atoms with Gasteiger partial charge >= 0.3 is 12.0 Å². The number of amides is 2. The van der Waals surface area contributed by atoms with E-state index in [-0.39, 0.29) is 17.5 Å². The molecule has 0 aliphatic heterocycles. The van der Waals surface area contributed by atoms with Crippen LogP contribution in [0.3, 0.4) is 0 Å². The van der Waals surface area contributed by atoms with Crippen LogP contribution in [0.2, 0.25) is 0 Å². The Balaban J connectivity index is 1.74. The zero-order valence-corrected chi connectivity index (χ0v) is 12.7. The molecule has 1 aromatic heterocycles. The van der Waals surface area contributed by atoms with Crippen LogP contribution >= 0.6 is 11.3 Å². The van der Waals surface area contributed by atoms with E-state index in [0.29, 0.717) is 23.2 Å². The topological polar surface area (TPSA) is 91.3 Å². The van der Waals surface area contributed by atoms with Gasteiger partial charge < -0.3 is 15.7 Å². The normalized spacial score (nSPS) is 17.5. The highest BCUT2D eigenvalue weighted by molar-refractivity contribution is 7.13. The standard InChI is InChI=1S/C14H19N3O3S/c1-9-12(13(18)19)21-11(17-9)8-16-14(20)15-7-10-5-3-2-4-6-10/h2-3,10H,4-8H2,1H3,(H,18,19)(H2,15,16,20). The fourth-order valence-electron chi connectivity index (χ4n) is 2.22. The Kier molecular flexibility index (Phi) is 5.32. The van der Waals surface area contributed by atoms with Crippen LogP contribution in [0.4, 0.5) is 4.79 Å². The molecule has 21 heavy (non-hydrogen) atoms. The van der Waals surface area contributed by atoms with E-state index in [0.717, 1.165) is 30.6 Å². The molecule has 1 aromatic rings. The summed E-state index contributed by atoms with van der Waals surface area (Å²) in [7, 11) is 0. The van der Waals surface area contributed by atoms with Crippen LogP contribution in [0.1, 0.15) is 39.6 Å². The Morgan fingerprint density at radius 3 is 2.86 bits per heavy atom. The number of hydrogen-bond donors (Lipinski definition) is 3. The van der Waals surface area contributed by atoms with E-state index < -0.39 is 5.97 Å². The summed E-state index contributed by atoms with van der Waals surface area (Å²) in [5, 5.41) is 15.1. The summed E-state index contributed by atoms with van der Waals surface area (Å²) in [6.45, 7) is 2.56. The van der Waals surface area contributed by atoms with Crippen molar-refractivity contribution in [2.75, 3.05) is 6.54 Å². The minimum atomic E-state index is -0.981. The van der Waals surface area contributed by atoms with Crippen molar-refractivity contribution in [2.45, 2.75) is 32.7 Å². The molecule has 0 spiro atoms. The summed E-state index contributed by atoms with van der Waals surface area (Å²) in [6.07, 6.45) is 7.50. The smallest absolute Gasteiger partial charge is 0.347 e. The number of nitrogens with one attached hydrogen (secondary N) is 2. The van der Waals surface area contributed by atoms with Gasteiger partial charge in [-0.15, -0.1) is 11.3 Å². The van der Waals surface area contributed by atoms with Crippen LogP contribution < -0.4 is 10.6 Å². The summed E-state index contributed by atoms with van der Waals surface area (Å²) >= 11 is 1.09. The van der Waals surface area contributed by atoms with E-state index in [2.05, 4.69) is 27.8 Å². The van der Waals surface area contributed by atoms with Crippen LogP contribution in [0.5, 0.6) is 0 Å². The minimum Gasteiger partial charge on any atom is -0.477 e. The Morgan fingerprint density at radius 1 is 1.43 bits per heavy atom. The second-order valence-corrected chi connectivity index (χ2v) is 6.12. The van der Waals surface area contributed by atoms with E-state index in [1.54, 1.807) is 6.92 Å². The van der Waals surface area contributed by atoms with E-state index in [9.17, 15) is 9.59 Å². The molecule has 2 amide bonds. The molecule has 1 heterocycles. The van der Waals surface area contributed by atoms with Gasteiger partial charge in [0.25, 0.3) is 0 Å². The van der Waals surface area contributed by atoms with Crippen LogP contribution in [-0.2, 0) is 6.54 Å². The first-order chi connectivity index (χ1) is 10.1. The van der Waals surface area contributed by atoms with Crippen LogP contribution in [-0.4, -0.2) is 28.6 Å². The van der Waals surface area contributed by atoms with Gasteiger partial charge in [-0.05, 0) is 32.1 Å². The number of rotatable bonds is 5. The lowest BCUT2D eigenvalue weighted by atomic mass is 9.94. The number of aromatic carboxylic acids is 1. The molecule has 7 heteroatoms. The Morgan fingerprint density at radius 2 is 2.24 bits per heavy atom. The average Bonchev–Trinajstić information content (AvgIpc) is 2.85. The maximum Gasteiger partial charge on any atom is 0.347 e. The molecule has 0 radical (unpaired) electrons. The number of hydrogen-bond acceptors (Lipinski definition) is 4. The predicted octanol–water partition coefficient (Wildman–Crippen LogP) is 2.31. The highest BCUT2D eigenvalue weighted by Gasteiger charge is 2.15. The van der Waals surface area contributed by atoms with Gasteiger partial charge in [-0.3, -0.25) is 0 Å². The summed E-state index contributed by atoms with van der Waals surface area (Å²) in [4.78, 5) is 27.0. The molecule has 2 rings (SSSR count). The zero-order valence-electron chi connectivity index (χ0n) is 11.9. The third-order valence-corrected chi connectivity index (χ3v) is 4.51. The lowest BCUT2D eigenvalue weighted by Gasteiger charge is -2.18. The van der Waals surface area contributed by atoms with Gasteiger partial charge in [0.1, 0.15) is 9.88 Å². The highest BCUT2D eigenvalue weighted by Crippen LogP contribution is 2.18. The molecule has 0 saturated heterocycles. The molecule has 3 N–H and O–H groups in total. The summed E-state index contributed by atoms with van der Waals surface area (Å²) in [5.41, 5.74) is 0.485. The van der Waals surface area contributed by atoms with Crippen LogP contribution in [0.25, 0.3) is 0 Å². The van der Waals surface area contributed by atoms with Crippen molar-refractivity contribution in [2.24, 2.45) is 5.92 Å². The van der Waals surface area contributed by atoms with Gasteiger partial charge in [-0.25, -0.2) is 14.6 Å². The van der Waals surface area contributed by atoms with Gasteiger partial charge in [0.05, 0.1) is 12.2 Å². The Labute approximate surface area is 127 Å². The van der Waals surface area contributed by atoms with Crippen LogP contribution in [0.15, 0.2) is 12.2 Å². The maximum absolute atomic E-state index is 11.7. The highest BCUT2D eigenvalue weighted by atomic mass is 32.1. The van der Waals surface area contributed by atoms with E-state index in [1.807, 2.05) is 0 Å². The van der Waals surface area contributed by atoms with Crippen molar-refractivity contribution < 1.29 is 14.7 Å². The van der Waals surface area contributed by atoms with Crippen molar-refractivity contribution in [1.82, 2.24) is 15.6 Å². The van der Waals surface area contributed by atoms with Crippen molar-refractivity contribution >= 4 is 23.3 Å². The number of allylic oxidation sites excluding steroid dienone is 2. The third kappa shape index (κ3) is 4.56. The SMILES string of the molecule is Cc1nc(CNC(=O)NCC2CC=CCC2)sc1C(=O)O. The van der Waals surface area contributed by atoms with Gasteiger partial charge in [0.2, 0.25) is 0 Å².